The van der Waals surface area contributed by atoms with Gasteiger partial charge in [0.1, 0.15) is 6.04 Å². The van der Waals surface area contributed by atoms with E-state index in [1.54, 1.807) is 23.1 Å². The highest BCUT2D eigenvalue weighted by molar-refractivity contribution is 6.35. The maximum absolute atomic E-state index is 13.6. The van der Waals surface area contributed by atoms with Crippen molar-refractivity contribution in [3.8, 4) is 0 Å². The summed E-state index contributed by atoms with van der Waals surface area (Å²) in [6.07, 6.45) is 0.591. The summed E-state index contributed by atoms with van der Waals surface area (Å²) in [5.74, 6) is -0.333. The lowest BCUT2D eigenvalue weighted by molar-refractivity contribution is -0.140. The van der Waals surface area contributed by atoms with Crippen LogP contribution in [0.25, 0.3) is 0 Å². The second-order valence-electron chi connectivity index (χ2n) is 8.02. The van der Waals surface area contributed by atoms with Gasteiger partial charge in [-0.25, -0.2) is 0 Å². The van der Waals surface area contributed by atoms with Crippen molar-refractivity contribution in [3.63, 3.8) is 0 Å². The van der Waals surface area contributed by atoms with Gasteiger partial charge in [-0.15, -0.1) is 0 Å². The minimum absolute atomic E-state index is 0.142. The molecule has 6 heteroatoms. The molecule has 0 radical (unpaired) electrons. The van der Waals surface area contributed by atoms with E-state index in [9.17, 15) is 9.59 Å². The molecule has 2 amide bonds. The number of carbonyl (C=O) groups excluding carboxylic acids is 2. The third-order valence-electron chi connectivity index (χ3n) is 5.45. The van der Waals surface area contributed by atoms with Crippen LogP contribution in [0, 0.1) is 6.92 Å². The fourth-order valence-corrected chi connectivity index (χ4v) is 4.13. The zero-order chi connectivity index (χ0) is 23.8. The van der Waals surface area contributed by atoms with Crippen molar-refractivity contribution >= 4 is 35.0 Å². The zero-order valence-electron chi connectivity index (χ0n) is 18.9. The molecule has 0 bridgehead atoms. The summed E-state index contributed by atoms with van der Waals surface area (Å²) in [5.41, 5.74) is 3.73. The summed E-state index contributed by atoms with van der Waals surface area (Å²) < 4.78 is 0. The summed E-state index contributed by atoms with van der Waals surface area (Å²) in [4.78, 5) is 28.4. The van der Waals surface area contributed by atoms with Crippen molar-refractivity contribution in [2.24, 2.45) is 0 Å². The summed E-state index contributed by atoms with van der Waals surface area (Å²) in [5, 5.41) is 3.88. The first-order chi connectivity index (χ1) is 15.9. The third kappa shape index (κ3) is 7.08. The molecule has 3 aromatic carbocycles. The molecule has 0 aliphatic carbocycles. The molecule has 1 atom stereocenters. The number of benzene rings is 3. The van der Waals surface area contributed by atoms with Crippen molar-refractivity contribution in [1.82, 2.24) is 10.2 Å². The molecule has 3 aromatic rings. The molecule has 3 rings (SSSR count). The van der Waals surface area contributed by atoms with Crippen LogP contribution in [0.3, 0.4) is 0 Å². The van der Waals surface area contributed by atoms with E-state index in [0.717, 1.165) is 22.3 Å². The summed E-state index contributed by atoms with van der Waals surface area (Å²) in [7, 11) is 0. The number of carbonyl (C=O) groups is 2. The molecular formula is C27H28Cl2N2O2. The van der Waals surface area contributed by atoms with Crippen molar-refractivity contribution in [3.05, 3.63) is 105 Å². The highest BCUT2D eigenvalue weighted by Gasteiger charge is 2.30. The Hall–Kier alpha value is -2.82. The minimum atomic E-state index is -0.683. The Morgan fingerprint density at radius 1 is 0.939 bits per heavy atom. The molecule has 0 fully saturated rings. The predicted octanol–water partition coefficient (Wildman–Crippen LogP) is 5.62. The first-order valence-electron chi connectivity index (χ1n) is 11.0. The second-order valence-corrected chi connectivity index (χ2v) is 8.86. The van der Waals surface area contributed by atoms with Crippen molar-refractivity contribution in [2.45, 2.75) is 39.3 Å². The van der Waals surface area contributed by atoms with Crippen LogP contribution in [0.1, 0.15) is 29.2 Å². The minimum Gasteiger partial charge on any atom is -0.355 e. The van der Waals surface area contributed by atoms with Crippen molar-refractivity contribution in [1.29, 1.82) is 0 Å². The smallest absolute Gasteiger partial charge is 0.243 e. The molecule has 0 heterocycles. The molecule has 0 aliphatic heterocycles. The van der Waals surface area contributed by atoms with Crippen LogP contribution in [0.2, 0.25) is 10.0 Å². The number of likely N-dealkylation sites (N-methyl/N-ethyl adjacent to an activating group) is 1. The maximum Gasteiger partial charge on any atom is 0.243 e. The molecule has 0 saturated carbocycles. The van der Waals surface area contributed by atoms with Crippen LogP contribution < -0.4 is 5.32 Å². The first kappa shape index (κ1) is 24.8. The molecule has 1 unspecified atom stereocenters. The Labute approximate surface area is 205 Å². The molecule has 33 heavy (non-hydrogen) atoms. The zero-order valence-corrected chi connectivity index (χ0v) is 20.4. The SMILES string of the molecule is CCNC(=O)C(Cc1ccccc1)N(Cc1ccc(Cl)cc1Cl)C(=O)Cc1ccc(C)cc1. The van der Waals surface area contributed by atoms with E-state index >= 15 is 0 Å². The predicted molar refractivity (Wildman–Crippen MR) is 135 cm³/mol. The average molecular weight is 483 g/mol. The molecule has 0 aliphatic rings. The fraction of sp³-hybridized carbons (Fsp3) is 0.259. The number of aryl methyl sites for hydroxylation is 1. The molecule has 0 saturated heterocycles. The van der Waals surface area contributed by atoms with Gasteiger partial charge >= 0.3 is 0 Å². The van der Waals surface area contributed by atoms with Gasteiger partial charge in [0.2, 0.25) is 11.8 Å². The Bertz CT molecular complexity index is 1090. The van der Waals surface area contributed by atoms with Gasteiger partial charge in [0.15, 0.2) is 0 Å². The van der Waals surface area contributed by atoms with Crippen molar-refractivity contribution in [2.75, 3.05) is 6.54 Å². The van der Waals surface area contributed by atoms with Gasteiger partial charge in [0, 0.05) is 29.6 Å². The number of hydrogen-bond donors (Lipinski definition) is 1. The highest BCUT2D eigenvalue weighted by atomic mass is 35.5. The Kier molecular flexibility index (Phi) is 8.93. The number of hydrogen-bond acceptors (Lipinski definition) is 2. The number of amides is 2. The van der Waals surface area contributed by atoms with E-state index in [1.807, 2.05) is 68.4 Å². The largest absolute Gasteiger partial charge is 0.355 e. The summed E-state index contributed by atoms with van der Waals surface area (Å²) >= 11 is 12.5. The Morgan fingerprint density at radius 3 is 2.27 bits per heavy atom. The third-order valence-corrected chi connectivity index (χ3v) is 6.04. The van der Waals surface area contributed by atoms with Gasteiger partial charge in [0.25, 0.3) is 0 Å². The van der Waals surface area contributed by atoms with E-state index in [-0.39, 0.29) is 24.8 Å². The Morgan fingerprint density at radius 2 is 1.64 bits per heavy atom. The van der Waals surface area contributed by atoms with E-state index in [0.29, 0.717) is 23.0 Å². The van der Waals surface area contributed by atoms with Crippen LogP contribution in [-0.4, -0.2) is 29.3 Å². The maximum atomic E-state index is 13.6. The second kappa shape index (κ2) is 11.9. The molecule has 1 N–H and O–H groups in total. The summed E-state index contributed by atoms with van der Waals surface area (Å²) in [6, 6.07) is 22.1. The van der Waals surface area contributed by atoms with Gasteiger partial charge in [-0.05, 0) is 42.7 Å². The number of nitrogens with zero attached hydrogens (tertiary/aromatic N) is 1. The monoisotopic (exact) mass is 482 g/mol. The van der Waals surface area contributed by atoms with E-state index in [4.69, 9.17) is 23.2 Å². The molecule has 172 valence electrons. The number of halogens is 2. The highest BCUT2D eigenvalue weighted by Crippen LogP contribution is 2.24. The van der Waals surface area contributed by atoms with E-state index in [1.165, 1.54) is 0 Å². The summed E-state index contributed by atoms with van der Waals surface area (Å²) in [6.45, 7) is 4.55. The van der Waals surface area contributed by atoms with Crippen LogP contribution >= 0.6 is 23.2 Å². The molecular weight excluding hydrogens is 455 g/mol. The molecule has 4 nitrogen and oxygen atoms in total. The van der Waals surface area contributed by atoms with Gasteiger partial charge in [-0.1, -0.05) is 89.4 Å². The Balaban J connectivity index is 1.97. The van der Waals surface area contributed by atoms with Crippen LogP contribution in [0.4, 0.5) is 0 Å². The number of nitrogens with one attached hydrogen (secondary N) is 1. The lowest BCUT2D eigenvalue weighted by Crippen LogP contribution is -2.51. The molecule has 0 aromatic heterocycles. The normalized spacial score (nSPS) is 11.6. The lowest BCUT2D eigenvalue weighted by Gasteiger charge is -2.32. The average Bonchev–Trinajstić information content (AvgIpc) is 2.79. The number of rotatable bonds is 9. The topological polar surface area (TPSA) is 49.4 Å². The van der Waals surface area contributed by atoms with Gasteiger partial charge in [-0.3, -0.25) is 9.59 Å². The van der Waals surface area contributed by atoms with E-state index in [2.05, 4.69) is 5.32 Å². The lowest BCUT2D eigenvalue weighted by atomic mass is 10.0. The van der Waals surface area contributed by atoms with E-state index < -0.39 is 6.04 Å². The van der Waals surface area contributed by atoms with Crippen molar-refractivity contribution < 1.29 is 9.59 Å². The fourth-order valence-electron chi connectivity index (χ4n) is 3.66. The quantitative estimate of drug-likeness (QED) is 0.430. The van der Waals surface area contributed by atoms with Crippen LogP contribution in [-0.2, 0) is 29.0 Å². The first-order valence-corrected chi connectivity index (χ1v) is 11.7. The van der Waals surface area contributed by atoms with Crippen LogP contribution in [0.5, 0.6) is 0 Å². The van der Waals surface area contributed by atoms with Gasteiger partial charge in [0.05, 0.1) is 6.42 Å². The van der Waals surface area contributed by atoms with Gasteiger partial charge < -0.3 is 10.2 Å². The standard InChI is InChI=1S/C27H28Cl2N2O2/c1-3-30-27(33)25(15-20-7-5-4-6-8-20)31(18-22-13-14-23(28)17-24(22)29)26(32)16-21-11-9-19(2)10-12-21/h4-14,17,25H,3,15-16,18H2,1-2H3,(H,30,33). The molecule has 0 spiro atoms. The van der Waals surface area contributed by atoms with Gasteiger partial charge in [-0.2, -0.15) is 0 Å². The van der Waals surface area contributed by atoms with Crippen LogP contribution in [0.15, 0.2) is 72.8 Å².